The van der Waals surface area contributed by atoms with Crippen LogP contribution in [0.2, 0.25) is 0 Å². The maximum Gasteiger partial charge on any atom is 0.337 e. The first-order chi connectivity index (χ1) is 12.0. The highest BCUT2D eigenvalue weighted by Crippen LogP contribution is 2.12. The summed E-state index contributed by atoms with van der Waals surface area (Å²) in [5.41, 5.74) is 2.83. The van der Waals surface area contributed by atoms with E-state index in [-0.39, 0.29) is 12.3 Å². The van der Waals surface area contributed by atoms with E-state index < -0.39 is 11.9 Å². The molecule has 0 heterocycles. The summed E-state index contributed by atoms with van der Waals surface area (Å²) in [4.78, 5) is 35.3. The number of amides is 2. The molecule has 0 bridgehead atoms. The predicted molar refractivity (Wildman–Crippen MR) is 94.1 cm³/mol. The zero-order valence-electron chi connectivity index (χ0n) is 14.2. The molecule has 0 aliphatic rings. The fraction of sp³-hybridized carbons (Fsp3) is 0.211. The normalized spacial score (nSPS) is 10.0. The minimum absolute atomic E-state index is 0.297. The smallest absolute Gasteiger partial charge is 0.337 e. The van der Waals surface area contributed by atoms with Crippen LogP contribution >= 0.6 is 0 Å². The molecule has 2 aromatic carbocycles. The number of esters is 1. The molecular formula is C19H20N2O4. The van der Waals surface area contributed by atoms with Crippen LogP contribution in [-0.2, 0) is 20.9 Å². The minimum Gasteiger partial charge on any atom is -0.465 e. The summed E-state index contributed by atoms with van der Waals surface area (Å²) >= 11 is 0. The lowest BCUT2D eigenvalue weighted by atomic mass is 10.1. The first-order valence-corrected chi connectivity index (χ1v) is 7.78. The van der Waals surface area contributed by atoms with Gasteiger partial charge in [0.2, 0.25) is 11.8 Å². The van der Waals surface area contributed by atoms with Gasteiger partial charge < -0.3 is 15.4 Å². The molecule has 0 unspecified atom stereocenters. The first kappa shape index (κ1) is 18.2. The summed E-state index contributed by atoms with van der Waals surface area (Å²) in [5.74, 6) is -1.32. The highest BCUT2D eigenvalue weighted by Gasteiger charge is 2.11. The highest BCUT2D eigenvalue weighted by molar-refractivity contribution is 6.04. The first-order valence-electron chi connectivity index (χ1n) is 7.78. The molecule has 25 heavy (non-hydrogen) atoms. The third-order valence-electron chi connectivity index (χ3n) is 3.46. The third-order valence-corrected chi connectivity index (χ3v) is 3.46. The Hall–Kier alpha value is -3.15. The topological polar surface area (TPSA) is 84.5 Å². The van der Waals surface area contributed by atoms with Crippen LogP contribution in [0.5, 0.6) is 0 Å². The SMILES string of the molecule is COC(=O)c1cccc(NC(=O)CC(=O)NCc2cccc(C)c2)c1. The molecule has 0 atom stereocenters. The van der Waals surface area contributed by atoms with Crippen molar-refractivity contribution in [2.75, 3.05) is 12.4 Å². The maximum atomic E-state index is 12.0. The van der Waals surface area contributed by atoms with E-state index in [4.69, 9.17) is 0 Å². The summed E-state index contributed by atoms with van der Waals surface area (Å²) in [6, 6.07) is 14.1. The molecule has 0 spiro atoms. The molecule has 0 radical (unpaired) electrons. The number of carbonyl (C=O) groups is 3. The van der Waals surface area contributed by atoms with E-state index in [1.807, 2.05) is 31.2 Å². The molecule has 2 rings (SSSR count). The Morgan fingerprint density at radius 3 is 2.48 bits per heavy atom. The van der Waals surface area contributed by atoms with E-state index in [0.717, 1.165) is 11.1 Å². The molecule has 0 saturated carbocycles. The highest BCUT2D eigenvalue weighted by atomic mass is 16.5. The monoisotopic (exact) mass is 340 g/mol. The number of rotatable bonds is 6. The number of benzene rings is 2. The minimum atomic E-state index is -0.494. The fourth-order valence-corrected chi connectivity index (χ4v) is 2.28. The van der Waals surface area contributed by atoms with E-state index in [1.54, 1.807) is 18.2 Å². The van der Waals surface area contributed by atoms with Gasteiger partial charge in [0.15, 0.2) is 0 Å². The molecule has 2 aromatic rings. The zero-order chi connectivity index (χ0) is 18.2. The number of ether oxygens (including phenoxy) is 1. The summed E-state index contributed by atoms with van der Waals surface area (Å²) in [6.45, 7) is 2.34. The number of carbonyl (C=O) groups excluding carboxylic acids is 3. The van der Waals surface area contributed by atoms with Crippen LogP contribution in [0.1, 0.15) is 27.9 Å². The van der Waals surface area contributed by atoms with Gasteiger partial charge in [-0.1, -0.05) is 35.9 Å². The van der Waals surface area contributed by atoms with Gasteiger partial charge in [-0.2, -0.15) is 0 Å². The van der Waals surface area contributed by atoms with Crippen LogP contribution in [-0.4, -0.2) is 24.9 Å². The van der Waals surface area contributed by atoms with Gasteiger partial charge in [0.25, 0.3) is 0 Å². The van der Waals surface area contributed by atoms with Crippen molar-refractivity contribution in [1.29, 1.82) is 0 Å². The van der Waals surface area contributed by atoms with Crippen molar-refractivity contribution in [3.8, 4) is 0 Å². The van der Waals surface area contributed by atoms with Crippen molar-refractivity contribution in [1.82, 2.24) is 5.32 Å². The van der Waals surface area contributed by atoms with Gasteiger partial charge in [-0.25, -0.2) is 4.79 Å². The van der Waals surface area contributed by atoms with Crippen LogP contribution in [0.15, 0.2) is 48.5 Å². The standard InChI is InChI=1S/C19H20N2O4/c1-13-5-3-6-14(9-13)12-20-17(22)11-18(23)21-16-8-4-7-15(10-16)19(24)25-2/h3-10H,11-12H2,1-2H3,(H,20,22)(H,21,23). The van der Waals surface area contributed by atoms with Crippen molar-refractivity contribution in [2.45, 2.75) is 19.9 Å². The number of anilines is 1. The van der Waals surface area contributed by atoms with Gasteiger partial charge in [-0.05, 0) is 30.7 Å². The molecule has 0 aliphatic carbocycles. The van der Waals surface area contributed by atoms with Crippen molar-refractivity contribution >= 4 is 23.5 Å². The van der Waals surface area contributed by atoms with Crippen LogP contribution < -0.4 is 10.6 Å². The van der Waals surface area contributed by atoms with Crippen molar-refractivity contribution < 1.29 is 19.1 Å². The molecule has 0 aromatic heterocycles. The van der Waals surface area contributed by atoms with Crippen LogP contribution in [0.25, 0.3) is 0 Å². The maximum absolute atomic E-state index is 12.0. The van der Waals surface area contributed by atoms with Gasteiger partial charge in [0.1, 0.15) is 6.42 Å². The molecule has 2 amide bonds. The lowest BCUT2D eigenvalue weighted by Gasteiger charge is -2.08. The summed E-state index contributed by atoms with van der Waals surface area (Å²) in [6.07, 6.45) is -0.297. The molecule has 0 aliphatic heterocycles. The second kappa shape index (κ2) is 8.63. The Morgan fingerprint density at radius 2 is 1.76 bits per heavy atom. The summed E-state index contributed by atoms with van der Waals surface area (Å²) in [7, 11) is 1.28. The second-order valence-corrected chi connectivity index (χ2v) is 5.56. The Kier molecular flexibility index (Phi) is 6.28. The van der Waals surface area contributed by atoms with E-state index >= 15 is 0 Å². The van der Waals surface area contributed by atoms with Crippen LogP contribution in [0, 0.1) is 6.92 Å². The quantitative estimate of drug-likeness (QED) is 0.625. The van der Waals surface area contributed by atoms with Gasteiger partial charge >= 0.3 is 5.97 Å². The molecule has 6 heteroatoms. The van der Waals surface area contributed by atoms with E-state index in [2.05, 4.69) is 15.4 Å². The average molecular weight is 340 g/mol. The molecular weight excluding hydrogens is 320 g/mol. The molecule has 2 N–H and O–H groups in total. The Balaban J connectivity index is 1.85. The third kappa shape index (κ3) is 5.76. The van der Waals surface area contributed by atoms with Crippen LogP contribution in [0.3, 0.4) is 0 Å². The number of nitrogens with one attached hydrogen (secondary N) is 2. The number of aryl methyl sites for hydroxylation is 1. The van der Waals surface area contributed by atoms with Crippen LogP contribution in [0.4, 0.5) is 5.69 Å². The van der Waals surface area contributed by atoms with Gasteiger partial charge in [-0.3, -0.25) is 9.59 Å². The molecule has 0 fully saturated rings. The second-order valence-electron chi connectivity index (χ2n) is 5.56. The Labute approximate surface area is 146 Å². The van der Waals surface area contributed by atoms with E-state index in [9.17, 15) is 14.4 Å². The molecule has 130 valence electrons. The Morgan fingerprint density at radius 1 is 1.00 bits per heavy atom. The number of hydrogen-bond acceptors (Lipinski definition) is 4. The molecule has 6 nitrogen and oxygen atoms in total. The summed E-state index contributed by atoms with van der Waals surface area (Å²) in [5, 5.41) is 5.30. The zero-order valence-corrected chi connectivity index (χ0v) is 14.2. The Bertz CT molecular complexity index is 786. The fourth-order valence-electron chi connectivity index (χ4n) is 2.28. The van der Waals surface area contributed by atoms with Crippen molar-refractivity contribution in [3.63, 3.8) is 0 Å². The largest absolute Gasteiger partial charge is 0.465 e. The van der Waals surface area contributed by atoms with Gasteiger partial charge in [0, 0.05) is 12.2 Å². The van der Waals surface area contributed by atoms with E-state index in [1.165, 1.54) is 13.2 Å². The number of methoxy groups -OCH3 is 1. The van der Waals surface area contributed by atoms with E-state index in [0.29, 0.717) is 17.8 Å². The lowest BCUT2D eigenvalue weighted by Crippen LogP contribution is -2.27. The lowest BCUT2D eigenvalue weighted by molar-refractivity contribution is -0.126. The van der Waals surface area contributed by atoms with Crippen molar-refractivity contribution in [3.05, 3.63) is 65.2 Å². The summed E-state index contributed by atoms with van der Waals surface area (Å²) < 4.78 is 4.63. The van der Waals surface area contributed by atoms with Gasteiger partial charge in [0.05, 0.1) is 12.7 Å². The van der Waals surface area contributed by atoms with Crippen molar-refractivity contribution in [2.24, 2.45) is 0 Å². The predicted octanol–water partition coefficient (Wildman–Crippen LogP) is 2.43. The average Bonchev–Trinajstić information content (AvgIpc) is 2.59. The molecule has 0 saturated heterocycles. The van der Waals surface area contributed by atoms with Gasteiger partial charge in [-0.15, -0.1) is 0 Å². The number of hydrogen-bond donors (Lipinski definition) is 2.